The highest BCUT2D eigenvalue weighted by molar-refractivity contribution is 6.30. The second-order valence-corrected chi connectivity index (χ2v) is 9.16. The average Bonchev–Trinajstić information content (AvgIpc) is 2.82. The smallest absolute Gasteiger partial charge is 0.161 e. The van der Waals surface area contributed by atoms with Crippen LogP contribution >= 0.6 is 11.6 Å². The molecule has 3 aliphatic rings. The third kappa shape index (κ3) is 4.18. The molecule has 1 heterocycles. The van der Waals surface area contributed by atoms with Gasteiger partial charge in [0.1, 0.15) is 6.61 Å². The number of allylic oxidation sites excluding steroid dienone is 4. The van der Waals surface area contributed by atoms with Crippen molar-refractivity contribution in [1.82, 2.24) is 5.32 Å². The van der Waals surface area contributed by atoms with Crippen LogP contribution in [0.15, 0.2) is 65.0 Å². The van der Waals surface area contributed by atoms with E-state index in [4.69, 9.17) is 21.1 Å². The lowest BCUT2D eigenvalue weighted by Gasteiger charge is -2.37. The normalized spacial score (nSPS) is 18.6. The first-order chi connectivity index (χ1) is 16.0. The summed E-state index contributed by atoms with van der Waals surface area (Å²) in [6.07, 6.45) is 4.39. The number of benzene rings is 2. The van der Waals surface area contributed by atoms with Crippen LogP contribution in [0.4, 0.5) is 0 Å². The molecule has 6 heteroatoms. The third-order valence-corrected chi connectivity index (χ3v) is 6.83. The van der Waals surface area contributed by atoms with Gasteiger partial charge in [0.15, 0.2) is 23.1 Å². The van der Waals surface area contributed by atoms with Crippen molar-refractivity contribution in [2.75, 3.05) is 7.11 Å². The van der Waals surface area contributed by atoms with Crippen molar-refractivity contribution in [2.24, 2.45) is 0 Å². The molecule has 33 heavy (non-hydrogen) atoms. The molecule has 2 aromatic carbocycles. The molecule has 5 rings (SSSR count). The molecular weight excluding hydrogens is 438 g/mol. The molecule has 2 aliphatic carbocycles. The van der Waals surface area contributed by atoms with Crippen LogP contribution < -0.4 is 14.8 Å². The van der Waals surface area contributed by atoms with Gasteiger partial charge in [-0.25, -0.2) is 0 Å². The summed E-state index contributed by atoms with van der Waals surface area (Å²) in [7, 11) is 1.60. The molecule has 1 N–H and O–H groups in total. The van der Waals surface area contributed by atoms with Crippen LogP contribution in [0.3, 0.4) is 0 Å². The maximum Gasteiger partial charge on any atom is 0.161 e. The third-order valence-electron chi connectivity index (χ3n) is 6.60. The van der Waals surface area contributed by atoms with E-state index in [1.165, 1.54) is 0 Å². The molecule has 0 radical (unpaired) electrons. The highest BCUT2D eigenvalue weighted by Crippen LogP contribution is 2.46. The lowest BCUT2D eigenvalue weighted by molar-refractivity contribution is -0.116. The molecule has 0 fully saturated rings. The zero-order valence-electron chi connectivity index (χ0n) is 18.6. The van der Waals surface area contributed by atoms with E-state index in [0.717, 1.165) is 59.4 Å². The number of ketones is 2. The van der Waals surface area contributed by atoms with E-state index >= 15 is 0 Å². The summed E-state index contributed by atoms with van der Waals surface area (Å²) in [5, 5.41) is 4.11. The number of rotatable bonds is 5. The molecule has 0 bridgehead atoms. The van der Waals surface area contributed by atoms with E-state index in [-0.39, 0.29) is 17.5 Å². The maximum absolute atomic E-state index is 13.0. The van der Waals surface area contributed by atoms with Crippen LogP contribution in [0, 0.1) is 0 Å². The first-order valence-electron chi connectivity index (χ1n) is 11.4. The number of halogens is 1. The van der Waals surface area contributed by atoms with Gasteiger partial charge >= 0.3 is 0 Å². The van der Waals surface area contributed by atoms with Crippen LogP contribution in [0.2, 0.25) is 5.02 Å². The van der Waals surface area contributed by atoms with E-state index in [9.17, 15) is 9.59 Å². The Kier molecular flexibility index (Phi) is 5.98. The van der Waals surface area contributed by atoms with Gasteiger partial charge < -0.3 is 14.8 Å². The van der Waals surface area contributed by atoms with Gasteiger partial charge in [-0.1, -0.05) is 29.8 Å². The molecule has 0 spiro atoms. The Morgan fingerprint density at radius 1 is 0.909 bits per heavy atom. The molecule has 1 aliphatic heterocycles. The number of hydrogen-bond acceptors (Lipinski definition) is 5. The Morgan fingerprint density at radius 2 is 1.61 bits per heavy atom. The molecule has 0 atom stereocenters. The van der Waals surface area contributed by atoms with Gasteiger partial charge in [0.2, 0.25) is 0 Å². The Hall–Kier alpha value is -3.05. The second kappa shape index (κ2) is 9.06. The average molecular weight is 464 g/mol. The summed E-state index contributed by atoms with van der Waals surface area (Å²) in [5.41, 5.74) is 5.27. The number of ether oxygens (including phenoxy) is 2. The molecule has 0 amide bonds. The van der Waals surface area contributed by atoms with Crippen molar-refractivity contribution >= 4 is 23.2 Å². The predicted octanol–water partition coefficient (Wildman–Crippen LogP) is 5.63. The SMILES string of the molecule is COc1cc(C2C3=C(CCCC3=O)NC3=C2C(=O)CCC3)ccc1OCc1cccc(Cl)c1. The number of methoxy groups -OCH3 is 1. The molecule has 2 aromatic rings. The Morgan fingerprint density at radius 3 is 2.24 bits per heavy atom. The van der Waals surface area contributed by atoms with Gasteiger partial charge in [-0.3, -0.25) is 9.59 Å². The van der Waals surface area contributed by atoms with Crippen LogP contribution in [0.5, 0.6) is 11.5 Å². The molecular formula is C27H26ClNO4. The van der Waals surface area contributed by atoms with Gasteiger partial charge in [-0.2, -0.15) is 0 Å². The van der Waals surface area contributed by atoms with Crippen LogP contribution in [0.25, 0.3) is 0 Å². The van der Waals surface area contributed by atoms with E-state index < -0.39 is 0 Å². The van der Waals surface area contributed by atoms with E-state index in [2.05, 4.69) is 5.32 Å². The fourth-order valence-electron chi connectivity index (χ4n) is 5.09. The number of nitrogens with one attached hydrogen (secondary N) is 1. The zero-order chi connectivity index (χ0) is 22.9. The zero-order valence-corrected chi connectivity index (χ0v) is 19.3. The van der Waals surface area contributed by atoms with E-state index in [1.54, 1.807) is 7.11 Å². The summed E-state index contributed by atoms with van der Waals surface area (Å²) in [4.78, 5) is 26.0. The van der Waals surface area contributed by atoms with Crippen LogP contribution in [-0.2, 0) is 16.2 Å². The molecule has 0 saturated heterocycles. The Bertz CT molecular complexity index is 1150. The first-order valence-corrected chi connectivity index (χ1v) is 11.8. The lowest BCUT2D eigenvalue weighted by atomic mass is 9.71. The van der Waals surface area contributed by atoms with Crippen molar-refractivity contribution in [2.45, 2.75) is 51.0 Å². The quantitative estimate of drug-likeness (QED) is 0.622. The number of dihydropyridines is 1. The summed E-state index contributed by atoms with van der Waals surface area (Å²) in [6, 6.07) is 13.2. The first kappa shape index (κ1) is 21.8. The van der Waals surface area contributed by atoms with Crippen molar-refractivity contribution in [3.63, 3.8) is 0 Å². The minimum atomic E-state index is -0.354. The fraction of sp³-hybridized carbons (Fsp3) is 0.333. The molecule has 0 aromatic heterocycles. The molecule has 170 valence electrons. The highest BCUT2D eigenvalue weighted by atomic mass is 35.5. The Labute approximate surface area is 198 Å². The monoisotopic (exact) mass is 463 g/mol. The van der Waals surface area contributed by atoms with Gasteiger partial charge in [0, 0.05) is 46.3 Å². The summed E-state index contributed by atoms with van der Waals surface area (Å²) < 4.78 is 11.7. The number of hydrogen-bond donors (Lipinski definition) is 1. The maximum atomic E-state index is 13.0. The van der Waals surface area contributed by atoms with Crippen molar-refractivity contribution < 1.29 is 19.1 Å². The van der Waals surface area contributed by atoms with Gasteiger partial charge in [-0.05, 0) is 61.1 Å². The molecule has 0 unspecified atom stereocenters. The van der Waals surface area contributed by atoms with Gasteiger partial charge in [-0.15, -0.1) is 0 Å². The Balaban J connectivity index is 1.51. The summed E-state index contributed by atoms with van der Waals surface area (Å²) in [5.74, 6) is 1.07. The van der Waals surface area contributed by atoms with Crippen molar-refractivity contribution in [3.8, 4) is 11.5 Å². The van der Waals surface area contributed by atoms with Gasteiger partial charge in [0.25, 0.3) is 0 Å². The number of Topliss-reactive ketones (excluding diaryl/α,β-unsaturated/α-hetero) is 2. The fourth-order valence-corrected chi connectivity index (χ4v) is 5.30. The van der Waals surface area contributed by atoms with Crippen molar-refractivity contribution in [1.29, 1.82) is 0 Å². The second-order valence-electron chi connectivity index (χ2n) is 8.72. The van der Waals surface area contributed by atoms with Crippen molar-refractivity contribution in [3.05, 3.63) is 81.2 Å². The summed E-state index contributed by atoms with van der Waals surface area (Å²) in [6.45, 7) is 0.352. The number of carbonyl (C=O) groups is 2. The van der Waals surface area contributed by atoms with Gasteiger partial charge in [0.05, 0.1) is 7.11 Å². The number of carbonyl (C=O) groups excluding carboxylic acids is 2. The predicted molar refractivity (Wildman–Crippen MR) is 126 cm³/mol. The van der Waals surface area contributed by atoms with Crippen LogP contribution in [0.1, 0.15) is 55.6 Å². The van der Waals surface area contributed by atoms with E-state index in [0.29, 0.717) is 36.0 Å². The standard InChI is InChI=1S/C27H26ClNO4/c1-32-24-14-17(11-12-23(24)33-15-16-5-2-6-18(28)13-16)25-26-19(7-3-9-21(26)30)29-20-8-4-10-22(31)27(20)25/h2,5-6,11-14,25,29H,3-4,7-10,15H2,1H3. The van der Waals surface area contributed by atoms with E-state index in [1.807, 2.05) is 42.5 Å². The highest BCUT2D eigenvalue weighted by Gasteiger charge is 2.40. The molecule has 5 nitrogen and oxygen atoms in total. The summed E-state index contributed by atoms with van der Waals surface area (Å²) >= 11 is 6.08. The lowest BCUT2D eigenvalue weighted by Crippen LogP contribution is -2.36. The minimum Gasteiger partial charge on any atom is -0.493 e. The molecule has 0 saturated carbocycles. The largest absolute Gasteiger partial charge is 0.493 e. The van der Waals surface area contributed by atoms with Crippen LogP contribution in [-0.4, -0.2) is 18.7 Å². The minimum absolute atomic E-state index is 0.124. The topological polar surface area (TPSA) is 64.6 Å².